The lowest BCUT2D eigenvalue weighted by atomic mass is 10.2. The summed E-state index contributed by atoms with van der Waals surface area (Å²) < 4.78 is 5.15. The summed E-state index contributed by atoms with van der Waals surface area (Å²) >= 11 is 12.1. The molecule has 0 bridgehead atoms. The van der Waals surface area contributed by atoms with Crippen molar-refractivity contribution < 1.29 is 14.3 Å². The monoisotopic (exact) mass is 423 g/mol. The van der Waals surface area contributed by atoms with Gasteiger partial charge < -0.3 is 15.4 Å². The van der Waals surface area contributed by atoms with Crippen molar-refractivity contribution in [1.82, 2.24) is 4.90 Å². The maximum Gasteiger partial charge on any atom is 0.241 e. The van der Waals surface area contributed by atoms with Crippen LogP contribution in [0.1, 0.15) is 13.8 Å². The Morgan fingerprint density at radius 1 is 1.14 bits per heavy atom. The average molecular weight is 424 g/mol. The fraction of sp³-hybridized carbons (Fsp3) is 0.300. The van der Waals surface area contributed by atoms with E-state index in [9.17, 15) is 9.59 Å². The molecule has 0 saturated heterocycles. The van der Waals surface area contributed by atoms with E-state index >= 15 is 0 Å². The van der Waals surface area contributed by atoms with Gasteiger partial charge in [-0.1, -0.05) is 42.3 Å². The summed E-state index contributed by atoms with van der Waals surface area (Å²) in [5.74, 6) is 0.145. The van der Waals surface area contributed by atoms with E-state index in [1.807, 2.05) is 6.92 Å². The maximum absolute atomic E-state index is 12.6. The fourth-order valence-electron chi connectivity index (χ4n) is 2.61. The summed E-state index contributed by atoms with van der Waals surface area (Å²) in [6.07, 6.45) is 0. The first-order chi connectivity index (χ1) is 13.3. The zero-order chi connectivity index (χ0) is 20.7. The predicted molar refractivity (Wildman–Crippen MR) is 113 cm³/mol. The second kappa shape index (κ2) is 10.3. The minimum atomic E-state index is -0.545. The quantitative estimate of drug-likeness (QED) is 0.664. The number of likely N-dealkylation sites (N-methyl/N-ethyl adjacent to an activating group) is 1. The predicted octanol–water partition coefficient (Wildman–Crippen LogP) is 4.29. The molecule has 2 rings (SSSR count). The molecule has 0 fully saturated rings. The van der Waals surface area contributed by atoms with Gasteiger partial charge in [-0.2, -0.15) is 0 Å². The first kappa shape index (κ1) is 22.0. The third-order valence-corrected chi connectivity index (χ3v) is 5.06. The number of benzene rings is 2. The number of ether oxygens (including phenoxy) is 1. The van der Waals surface area contributed by atoms with Crippen molar-refractivity contribution in [3.8, 4) is 5.75 Å². The topological polar surface area (TPSA) is 70.7 Å². The van der Waals surface area contributed by atoms with Crippen LogP contribution in [0.4, 0.5) is 11.4 Å². The molecule has 1 unspecified atom stereocenters. The number of hydrogen-bond acceptors (Lipinski definition) is 4. The van der Waals surface area contributed by atoms with Gasteiger partial charge in [0, 0.05) is 11.8 Å². The van der Waals surface area contributed by atoms with Crippen molar-refractivity contribution in [2.75, 3.05) is 30.8 Å². The maximum atomic E-state index is 12.6. The minimum absolute atomic E-state index is 0.0611. The lowest BCUT2D eigenvalue weighted by molar-refractivity contribution is -0.123. The highest BCUT2D eigenvalue weighted by Gasteiger charge is 2.23. The Hall–Kier alpha value is -2.28. The van der Waals surface area contributed by atoms with Crippen LogP contribution >= 0.6 is 23.2 Å². The summed E-state index contributed by atoms with van der Waals surface area (Å²) in [5.41, 5.74) is 1.06. The minimum Gasteiger partial charge on any atom is -0.497 e. The molecule has 150 valence electrons. The van der Waals surface area contributed by atoms with E-state index in [0.717, 1.165) is 0 Å². The van der Waals surface area contributed by atoms with E-state index in [1.165, 1.54) is 0 Å². The summed E-state index contributed by atoms with van der Waals surface area (Å²) in [4.78, 5) is 26.8. The van der Waals surface area contributed by atoms with Gasteiger partial charge in [0.1, 0.15) is 5.75 Å². The Morgan fingerprint density at radius 2 is 1.86 bits per heavy atom. The highest BCUT2D eigenvalue weighted by atomic mass is 35.5. The Balaban J connectivity index is 1.99. The number of carbonyl (C=O) groups is 2. The molecular formula is C20H23Cl2N3O3. The molecule has 28 heavy (non-hydrogen) atoms. The van der Waals surface area contributed by atoms with Crippen LogP contribution in [0.15, 0.2) is 42.5 Å². The van der Waals surface area contributed by atoms with E-state index in [2.05, 4.69) is 10.6 Å². The molecule has 0 spiro atoms. The van der Waals surface area contributed by atoms with Gasteiger partial charge in [0.2, 0.25) is 11.8 Å². The summed E-state index contributed by atoms with van der Waals surface area (Å²) in [6, 6.07) is 11.6. The Bertz CT molecular complexity index is 845. The zero-order valence-corrected chi connectivity index (χ0v) is 17.5. The highest BCUT2D eigenvalue weighted by Crippen LogP contribution is 2.29. The molecule has 1 atom stereocenters. The number of amides is 2. The first-order valence-electron chi connectivity index (χ1n) is 8.78. The molecular weight excluding hydrogens is 401 g/mol. The van der Waals surface area contributed by atoms with Crippen LogP contribution in [0, 0.1) is 0 Å². The molecule has 2 aromatic rings. The Labute approximate surface area is 174 Å². The van der Waals surface area contributed by atoms with E-state index in [-0.39, 0.29) is 23.4 Å². The Kier molecular flexibility index (Phi) is 8.11. The summed E-state index contributed by atoms with van der Waals surface area (Å²) in [5, 5.41) is 6.21. The van der Waals surface area contributed by atoms with E-state index < -0.39 is 6.04 Å². The molecule has 0 saturated carbocycles. The molecule has 2 N–H and O–H groups in total. The standard InChI is InChI=1S/C20H23Cl2N3O3/c1-4-25(12-18(26)23-14-7-5-8-15(11-14)28-3)13(2)20(27)24-17-10-6-9-16(21)19(17)22/h5-11,13H,4,12H2,1-3H3,(H,23,26)(H,24,27). The second-order valence-corrected chi connectivity index (χ2v) is 6.89. The van der Waals surface area contributed by atoms with Crippen molar-refractivity contribution in [2.24, 2.45) is 0 Å². The lowest BCUT2D eigenvalue weighted by Crippen LogP contribution is -2.45. The first-order valence-corrected chi connectivity index (χ1v) is 9.54. The number of hydrogen-bond donors (Lipinski definition) is 2. The van der Waals surface area contributed by atoms with Crippen LogP contribution in [-0.2, 0) is 9.59 Å². The van der Waals surface area contributed by atoms with Gasteiger partial charge in [-0.3, -0.25) is 14.5 Å². The SMILES string of the molecule is CCN(CC(=O)Nc1cccc(OC)c1)C(C)C(=O)Nc1cccc(Cl)c1Cl. The van der Waals surface area contributed by atoms with Gasteiger partial charge in [0.25, 0.3) is 0 Å². The van der Waals surface area contributed by atoms with E-state index in [0.29, 0.717) is 28.7 Å². The smallest absolute Gasteiger partial charge is 0.241 e. The van der Waals surface area contributed by atoms with Gasteiger partial charge in [-0.05, 0) is 37.7 Å². The largest absolute Gasteiger partial charge is 0.497 e. The zero-order valence-electron chi connectivity index (χ0n) is 16.0. The summed E-state index contributed by atoms with van der Waals surface area (Å²) in [6.45, 7) is 4.19. The average Bonchev–Trinajstić information content (AvgIpc) is 2.69. The van der Waals surface area contributed by atoms with Crippen molar-refractivity contribution in [1.29, 1.82) is 0 Å². The van der Waals surface area contributed by atoms with Gasteiger partial charge in [-0.25, -0.2) is 0 Å². The third-order valence-electron chi connectivity index (χ3n) is 4.24. The van der Waals surface area contributed by atoms with Crippen molar-refractivity contribution in [3.63, 3.8) is 0 Å². The van der Waals surface area contributed by atoms with Crippen molar-refractivity contribution >= 4 is 46.4 Å². The molecule has 2 aromatic carbocycles. The fourth-order valence-corrected chi connectivity index (χ4v) is 2.96. The van der Waals surface area contributed by atoms with E-state index in [4.69, 9.17) is 27.9 Å². The molecule has 8 heteroatoms. The van der Waals surface area contributed by atoms with Crippen molar-refractivity contribution in [3.05, 3.63) is 52.5 Å². The van der Waals surface area contributed by atoms with Gasteiger partial charge in [0.15, 0.2) is 0 Å². The van der Waals surface area contributed by atoms with Crippen LogP contribution in [0.25, 0.3) is 0 Å². The van der Waals surface area contributed by atoms with Crippen LogP contribution in [-0.4, -0.2) is 43.0 Å². The van der Waals surface area contributed by atoms with Gasteiger partial charge >= 0.3 is 0 Å². The molecule has 0 aliphatic rings. The van der Waals surface area contributed by atoms with Gasteiger partial charge in [-0.15, -0.1) is 0 Å². The van der Waals surface area contributed by atoms with Crippen LogP contribution in [0.2, 0.25) is 10.0 Å². The van der Waals surface area contributed by atoms with E-state index in [1.54, 1.807) is 61.4 Å². The molecule has 0 aliphatic carbocycles. The second-order valence-electron chi connectivity index (χ2n) is 6.11. The number of anilines is 2. The number of methoxy groups -OCH3 is 1. The van der Waals surface area contributed by atoms with Gasteiger partial charge in [0.05, 0.1) is 35.4 Å². The Morgan fingerprint density at radius 3 is 2.54 bits per heavy atom. The van der Waals surface area contributed by atoms with Crippen molar-refractivity contribution in [2.45, 2.75) is 19.9 Å². The number of halogens is 2. The summed E-state index contributed by atoms with van der Waals surface area (Å²) in [7, 11) is 1.56. The number of rotatable bonds is 8. The number of nitrogens with one attached hydrogen (secondary N) is 2. The molecule has 0 radical (unpaired) electrons. The molecule has 0 heterocycles. The lowest BCUT2D eigenvalue weighted by Gasteiger charge is -2.26. The van der Waals surface area contributed by atoms with Crippen LogP contribution in [0.5, 0.6) is 5.75 Å². The highest BCUT2D eigenvalue weighted by molar-refractivity contribution is 6.44. The molecule has 0 aromatic heterocycles. The number of nitrogens with zero attached hydrogens (tertiary/aromatic N) is 1. The molecule has 0 aliphatic heterocycles. The van der Waals surface area contributed by atoms with Crippen LogP contribution < -0.4 is 15.4 Å². The normalized spacial score (nSPS) is 11.8. The number of carbonyl (C=O) groups excluding carboxylic acids is 2. The molecule has 2 amide bonds. The van der Waals surface area contributed by atoms with Crippen LogP contribution in [0.3, 0.4) is 0 Å². The third kappa shape index (κ3) is 5.86. The molecule has 6 nitrogen and oxygen atoms in total.